The van der Waals surface area contributed by atoms with Crippen molar-refractivity contribution in [3.05, 3.63) is 273 Å². The molecule has 0 aliphatic carbocycles. The second-order valence-electron chi connectivity index (χ2n) is 20.5. The van der Waals surface area contributed by atoms with Gasteiger partial charge in [0.1, 0.15) is 0 Å². The van der Waals surface area contributed by atoms with Crippen molar-refractivity contribution in [3.63, 3.8) is 0 Å². The van der Waals surface area contributed by atoms with Crippen molar-refractivity contribution in [1.82, 2.24) is 44.0 Å². The summed E-state index contributed by atoms with van der Waals surface area (Å²) in [6.07, 6.45) is 3.82. The van der Waals surface area contributed by atoms with Gasteiger partial charge in [0.15, 0.2) is 11.6 Å². The Kier molecular flexibility index (Phi) is 11.0. The van der Waals surface area contributed by atoms with Gasteiger partial charge in [0, 0.05) is 72.9 Å². The maximum Gasteiger partial charge on any atom is 0.240 e. The molecular weight excluding hydrogens is 1000 g/mol. The minimum absolute atomic E-state index is 0.493. The molecule has 0 spiro atoms. The van der Waals surface area contributed by atoms with Crippen LogP contribution in [0, 0.1) is 0 Å². The maximum atomic E-state index is 5.53. The smallest absolute Gasteiger partial charge is 0.240 e. The summed E-state index contributed by atoms with van der Waals surface area (Å²) in [6.45, 7) is 0. The molecule has 82 heavy (non-hydrogen) atoms. The molecule has 16 rings (SSSR count). The highest BCUT2D eigenvalue weighted by Gasteiger charge is 2.24. The molecular formula is C73H45N9. The van der Waals surface area contributed by atoms with Crippen molar-refractivity contribution >= 4 is 65.2 Å². The summed E-state index contributed by atoms with van der Waals surface area (Å²) in [7, 11) is 0. The van der Waals surface area contributed by atoms with E-state index in [2.05, 4.69) is 215 Å². The minimum Gasteiger partial charge on any atom is -0.278 e. The Labute approximate surface area is 470 Å². The van der Waals surface area contributed by atoms with E-state index in [0.717, 1.165) is 132 Å². The first-order valence-corrected chi connectivity index (χ1v) is 27.4. The molecule has 9 nitrogen and oxygen atoms in total. The molecule has 0 saturated carbocycles. The van der Waals surface area contributed by atoms with Crippen LogP contribution in [0.1, 0.15) is 0 Å². The normalized spacial score (nSPS) is 11.7. The lowest BCUT2D eigenvalue weighted by Gasteiger charge is -2.14. The molecule has 0 fully saturated rings. The van der Waals surface area contributed by atoms with E-state index in [1.165, 1.54) is 0 Å². The van der Waals surface area contributed by atoms with Gasteiger partial charge in [-0.15, -0.1) is 0 Å². The van der Waals surface area contributed by atoms with Crippen LogP contribution in [0.4, 0.5) is 0 Å². The van der Waals surface area contributed by atoms with Crippen molar-refractivity contribution in [2.24, 2.45) is 0 Å². The van der Waals surface area contributed by atoms with Gasteiger partial charge in [-0.3, -0.25) is 19.1 Å². The van der Waals surface area contributed by atoms with Gasteiger partial charge < -0.3 is 0 Å². The standard InChI is InChI=1S/C73H45N9/c1-3-20-46(21-4-1)63-44-64(47-22-5-2-6-23-47)77-70(76-63)59-43-52(41-49-25-7-9-26-53(49)59)62-38-37-50(45-75-62)55-31-19-36-68-69(55)58-30-13-16-35-67(58)82(68)73-79-71(60-42-51(61-32-17-18-39-74-61)40-48-24-8-10-27-54(48)60)78-72(80-73)81-65-33-14-11-28-56(65)57-29-12-15-34-66(57)81/h1-45H. The number of pyridine rings is 2. The number of nitrogens with zero attached hydrogens (tertiary/aromatic N) is 9. The molecule has 0 amide bonds. The van der Waals surface area contributed by atoms with Gasteiger partial charge in [0.2, 0.25) is 11.9 Å². The molecule has 0 atom stereocenters. The van der Waals surface area contributed by atoms with Gasteiger partial charge in [-0.1, -0.05) is 188 Å². The summed E-state index contributed by atoms with van der Waals surface area (Å²) in [5.41, 5.74) is 15.1. The van der Waals surface area contributed by atoms with Crippen molar-refractivity contribution < 1.29 is 0 Å². The quantitative estimate of drug-likeness (QED) is 0.142. The largest absolute Gasteiger partial charge is 0.278 e. The first kappa shape index (κ1) is 46.8. The topological polar surface area (TPSA) is 100 Å². The van der Waals surface area contributed by atoms with Crippen LogP contribution in [-0.4, -0.2) is 44.0 Å². The Morgan fingerprint density at radius 2 is 0.732 bits per heavy atom. The van der Waals surface area contributed by atoms with E-state index >= 15 is 0 Å². The van der Waals surface area contributed by atoms with Gasteiger partial charge in [0.05, 0.1) is 44.8 Å². The minimum atomic E-state index is 0.493. The highest BCUT2D eigenvalue weighted by atomic mass is 15.3. The highest BCUT2D eigenvalue weighted by Crippen LogP contribution is 2.41. The molecule has 6 heterocycles. The van der Waals surface area contributed by atoms with E-state index in [-0.39, 0.29) is 0 Å². The summed E-state index contributed by atoms with van der Waals surface area (Å²) < 4.78 is 4.37. The van der Waals surface area contributed by atoms with E-state index < -0.39 is 0 Å². The van der Waals surface area contributed by atoms with Crippen LogP contribution in [0.3, 0.4) is 0 Å². The lowest BCUT2D eigenvalue weighted by molar-refractivity contribution is 0.893. The third-order valence-corrected chi connectivity index (χ3v) is 15.7. The fourth-order valence-electron chi connectivity index (χ4n) is 11.9. The van der Waals surface area contributed by atoms with Crippen molar-refractivity contribution in [1.29, 1.82) is 0 Å². The average molecular weight is 1050 g/mol. The second-order valence-corrected chi connectivity index (χ2v) is 20.5. The molecule has 0 N–H and O–H groups in total. The zero-order chi connectivity index (χ0) is 54.1. The number of aromatic nitrogens is 9. The first-order valence-electron chi connectivity index (χ1n) is 27.4. The lowest BCUT2D eigenvalue weighted by atomic mass is 9.97. The van der Waals surface area contributed by atoms with Gasteiger partial charge in [-0.2, -0.15) is 15.0 Å². The van der Waals surface area contributed by atoms with Gasteiger partial charge in [-0.25, -0.2) is 9.97 Å². The van der Waals surface area contributed by atoms with Crippen LogP contribution in [-0.2, 0) is 0 Å². The third-order valence-electron chi connectivity index (χ3n) is 15.7. The molecule has 9 heteroatoms. The summed E-state index contributed by atoms with van der Waals surface area (Å²) in [4.78, 5) is 37.0. The Balaban J connectivity index is 0.865. The van der Waals surface area contributed by atoms with Gasteiger partial charge in [0.25, 0.3) is 0 Å². The second kappa shape index (κ2) is 19.3. The van der Waals surface area contributed by atoms with Crippen LogP contribution in [0.2, 0.25) is 0 Å². The van der Waals surface area contributed by atoms with Crippen LogP contribution in [0.5, 0.6) is 0 Å². The number of benzene rings is 10. The van der Waals surface area contributed by atoms with E-state index in [1.807, 2.05) is 67.0 Å². The molecule has 10 aromatic carbocycles. The molecule has 382 valence electrons. The molecule has 0 bridgehead atoms. The Hall–Kier alpha value is -11.3. The Morgan fingerprint density at radius 1 is 0.256 bits per heavy atom. The predicted octanol–water partition coefficient (Wildman–Crippen LogP) is 17.6. The van der Waals surface area contributed by atoms with E-state index in [0.29, 0.717) is 23.5 Å². The molecule has 16 aromatic rings. The summed E-state index contributed by atoms with van der Waals surface area (Å²) in [5, 5.41) is 8.58. The van der Waals surface area contributed by atoms with Gasteiger partial charge in [-0.05, 0) is 99.9 Å². The molecule has 0 saturated heterocycles. The highest BCUT2D eigenvalue weighted by molar-refractivity contribution is 6.16. The molecule has 0 radical (unpaired) electrons. The molecule has 0 unspecified atom stereocenters. The van der Waals surface area contributed by atoms with Crippen LogP contribution in [0.25, 0.3) is 156 Å². The monoisotopic (exact) mass is 1050 g/mol. The lowest BCUT2D eigenvalue weighted by Crippen LogP contribution is -2.10. The maximum absolute atomic E-state index is 5.53. The zero-order valence-electron chi connectivity index (χ0n) is 44.0. The first-order chi connectivity index (χ1) is 40.6. The third kappa shape index (κ3) is 7.90. The van der Waals surface area contributed by atoms with E-state index in [4.69, 9.17) is 34.9 Å². The predicted molar refractivity (Wildman–Crippen MR) is 333 cm³/mol. The summed E-state index contributed by atoms with van der Waals surface area (Å²) >= 11 is 0. The van der Waals surface area contributed by atoms with Crippen molar-refractivity contribution in [2.75, 3.05) is 0 Å². The summed E-state index contributed by atoms with van der Waals surface area (Å²) in [6, 6.07) is 90.5. The van der Waals surface area contributed by atoms with E-state index in [1.54, 1.807) is 0 Å². The SMILES string of the molecule is c1ccc(-c2cc(-c3ccccc3)nc(-c3cc(-c4ccc(-c5cccc6c5c5ccccc5n6-c5nc(-c6cc(-c7ccccn7)cc7ccccc67)nc(-n6c7ccccc7c7ccccc76)n5)cn4)cc4ccccc34)n2)cc1. The van der Waals surface area contributed by atoms with Crippen LogP contribution >= 0.6 is 0 Å². The van der Waals surface area contributed by atoms with Crippen molar-refractivity contribution in [3.8, 4) is 90.8 Å². The number of para-hydroxylation sites is 3. The van der Waals surface area contributed by atoms with Gasteiger partial charge >= 0.3 is 0 Å². The van der Waals surface area contributed by atoms with Crippen LogP contribution in [0.15, 0.2) is 273 Å². The number of fused-ring (bicyclic) bond motifs is 8. The average Bonchev–Trinajstić information content (AvgIpc) is 4.30. The molecule has 0 aliphatic heterocycles. The van der Waals surface area contributed by atoms with E-state index in [9.17, 15) is 0 Å². The summed E-state index contributed by atoms with van der Waals surface area (Å²) in [5.74, 6) is 2.20. The number of hydrogen-bond donors (Lipinski definition) is 0. The fourth-order valence-corrected chi connectivity index (χ4v) is 11.9. The van der Waals surface area contributed by atoms with Crippen LogP contribution < -0.4 is 0 Å². The fraction of sp³-hybridized carbons (Fsp3) is 0. The molecule has 6 aromatic heterocycles. The van der Waals surface area contributed by atoms with Crippen molar-refractivity contribution in [2.45, 2.75) is 0 Å². The Morgan fingerprint density at radius 3 is 1.29 bits per heavy atom. The Bertz CT molecular complexity index is 5040. The number of rotatable bonds is 9. The molecule has 0 aliphatic rings. The number of hydrogen-bond acceptors (Lipinski definition) is 7. The zero-order valence-corrected chi connectivity index (χ0v) is 44.0.